The van der Waals surface area contributed by atoms with E-state index in [1.807, 2.05) is 24.3 Å². The highest BCUT2D eigenvalue weighted by Gasteiger charge is 2.39. The van der Waals surface area contributed by atoms with E-state index in [0.29, 0.717) is 24.6 Å². The maximum Gasteiger partial charge on any atom is 0.248 e. The lowest BCUT2D eigenvalue weighted by Crippen LogP contribution is -2.10. The van der Waals surface area contributed by atoms with Crippen molar-refractivity contribution < 1.29 is 13.3 Å². The number of hydrogen-bond donors (Lipinski definition) is 0. The van der Waals surface area contributed by atoms with Gasteiger partial charge in [-0.2, -0.15) is 4.98 Å². The van der Waals surface area contributed by atoms with Gasteiger partial charge in [0.1, 0.15) is 0 Å². The molecule has 0 bridgehead atoms. The van der Waals surface area contributed by atoms with Crippen molar-refractivity contribution in [2.75, 3.05) is 0 Å². The number of nitrogens with zero attached hydrogens (tertiary/aromatic N) is 2. The third-order valence-corrected chi connectivity index (χ3v) is 4.26. The van der Waals surface area contributed by atoms with Crippen LogP contribution in [0.25, 0.3) is 11.4 Å². The maximum absolute atomic E-state index is 13.1. The Kier molecular flexibility index (Phi) is 3.74. The summed E-state index contributed by atoms with van der Waals surface area (Å²) in [5.74, 6) is -1.62. The summed E-state index contributed by atoms with van der Waals surface area (Å²) in [5, 5.41) is 3.92. The number of hydrogen-bond acceptors (Lipinski definition) is 3. The molecule has 1 aliphatic carbocycles. The van der Waals surface area contributed by atoms with E-state index in [1.54, 1.807) is 0 Å². The van der Waals surface area contributed by atoms with E-state index in [-0.39, 0.29) is 18.8 Å². The molecular weight excluding hydrogens is 377 g/mol. The van der Waals surface area contributed by atoms with Crippen LogP contribution in [0.2, 0.25) is 0 Å². The summed E-state index contributed by atoms with van der Waals surface area (Å²) in [6.45, 7) is 0. The molecule has 1 unspecified atom stereocenters. The van der Waals surface area contributed by atoms with E-state index in [2.05, 4.69) is 32.7 Å². The Balaban J connectivity index is 1.70. The molecule has 0 radical (unpaired) electrons. The topological polar surface area (TPSA) is 38.9 Å². The van der Waals surface area contributed by atoms with Crippen molar-refractivity contribution in [1.29, 1.82) is 0 Å². The SMILES string of the molecule is FC1(F)CCC(Cc2nc(-c3ccc(I)cc3)no2)C1. The van der Waals surface area contributed by atoms with Crippen LogP contribution in [0.4, 0.5) is 8.78 Å². The minimum atomic E-state index is -2.52. The predicted molar refractivity (Wildman–Crippen MR) is 78.4 cm³/mol. The van der Waals surface area contributed by atoms with Crippen LogP contribution < -0.4 is 0 Å². The van der Waals surface area contributed by atoms with Gasteiger partial charge in [0.25, 0.3) is 0 Å². The molecule has 2 aromatic rings. The Morgan fingerprint density at radius 1 is 1.30 bits per heavy atom. The van der Waals surface area contributed by atoms with Crippen molar-refractivity contribution in [3.63, 3.8) is 0 Å². The highest BCUT2D eigenvalue weighted by molar-refractivity contribution is 14.1. The molecule has 3 nitrogen and oxygen atoms in total. The van der Waals surface area contributed by atoms with E-state index in [4.69, 9.17) is 4.52 Å². The van der Waals surface area contributed by atoms with Crippen molar-refractivity contribution in [3.05, 3.63) is 33.7 Å². The lowest BCUT2D eigenvalue weighted by atomic mass is 10.0. The molecule has 0 saturated heterocycles. The first kappa shape index (κ1) is 13.9. The Morgan fingerprint density at radius 3 is 2.70 bits per heavy atom. The molecule has 1 atom stereocenters. The minimum absolute atomic E-state index is 0.0320. The van der Waals surface area contributed by atoms with Gasteiger partial charge in [-0.15, -0.1) is 0 Å². The number of alkyl halides is 2. The first-order valence-electron chi connectivity index (χ1n) is 6.48. The van der Waals surface area contributed by atoms with Gasteiger partial charge in [-0.05, 0) is 47.1 Å². The second-order valence-electron chi connectivity index (χ2n) is 5.19. The smallest absolute Gasteiger partial charge is 0.248 e. The molecule has 6 heteroatoms. The normalized spacial score (nSPS) is 21.2. The van der Waals surface area contributed by atoms with Gasteiger partial charge in [0.2, 0.25) is 17.6 Å². The summed E-state index contributed by atoms with van der Waals surface area (Å²) in [6, 6.07) is 7.76. The van der Waals surface area contributed by atoms with E-state index in [0.717, 1.165) is 9.13 Å². The molecule has 106 valence electrons. The molecule has 0 spiro atoms. The third-order valence-electron chi connectivity index (χ3n) is 3.54. The Morgan fingerprint density at radius 2 is 2.05 bits per heavy atom. The zero-order chi connectivity index (χ0) is 14.2. The average molecular weight is 390 g/mol. The predicted octanol–water partition coefficient (Wildman–Crippen LogP) is 4.32. The first-order chi connectivity index (χ1) is 9.52. The van der Waals surface area contributed by atoms with Crippen molar-refractivity contribution in [2.45, 2.75) is 31.6 Å². The first-order valence-corrected chi connectivity index (χ1v) is 7.56. The fraction of sp³-hybridized carbons (Fsp3) is 0.429. The third kappa shape index (κ3) is 3.16. The van der Waals surface area contributed by atoms with E-state index >= 15 is 0 Å². The van der Waals surface area contributed by atoms with Gasteiger partial charge in [0.15, 0.2) is 0 Å². The van der Waals surface area contributed by atoms with E-state index in [1.165, 1.54) is 0 Å². The summed E-state index contributed by atoms with van der Waals surface area (Å²) in [7, 11) is 0. The minimum Gasteiger partial charge on any atom is -0.339 e. The van der Waals surface area contributed by atoms with Crippen LogP contribution >= 0.6 is 22.6 Å². The molecular formula is C14H13F2IN2O. The number of benzene rings is 1. The van der Waals surface area contributed by atoms with Crippen LogP contribution in [0, 0.1) is 9.49 Å². The fourth-order valence-electron chi connectivity index (χ4n) is 2.52. The van der Waals surface area contributed by atoms with Crippen molar-refractivity contribution >= 4 is 22.6 Å². The van der Waals surface area contributed by atoms with Crippen LogP contribution in [0.3, 0.4) is 0 Å². The Bertz CT molecular complexity index is 597. The van der Waals surface area contributed by atoms with Crippen molar-refractivity contribution in [2.24, 2.45) is 5.92 Å². The lowest BCUT2D eigenvalue weighted by Gasteiger charge is -2.07. The standard InChI is InChI=1S/C14H13F2IN2O/c15-14(16)6-5-9(8-14)7-12-18-13(19-20-12)10-1-3-11(17)4-2-10/h1-4,9H,5-8H2. The number of rotatable bonds is 3. The summed E-state index contributed by atoms with van der Waals surface area (Å²) in [4.78, 5) is 4.30. The largest absolute Gasteiger partial charge is 0.339 e. The summed E-state index contributed by atoms with van der Waals surface area (Å²) in [6.07, 6.45) is 0.852. The molecule has 20 heavy (non-hydrogen) atoms. The van der Waals surface area contributed by atoms with Gasteiger partial charge in [0, 0.05) is 28.4 Å². The number of halogens is 3. The molecule has 0 N–H and O–H groups in total. The summed E-state index contributed by atoms with van der Waals surface area (Å²) < 4.78 is 32.6. The van der Waals surface area contributed by atoms with Crippen LogP contribution in [0.15, 0.2) is 28.8 Å². The molecule has 0 aliphatic heterocycles. The monoisotopic (exact) mass is 390 g/mol. The van der Waals surface area contributed by atoms with Crippen LogP contribution in [0.1, 0.15) is 25.2 Å². The highest BCUT2D eigenvalue weighted by atomic mass is 127. The van der Waals surface area contributed by atoms with Gasteiger partial charge in [-0.25, -0.2) is 8.78 Å². The quantitative estimate of drug-likeness (QED) is 0.733. The molecule has 1 saturated carbocycles. The van der Waals surface area contributed by atoms with Gasteiger partial charge in [-0.3, -0.25) is 0 Å². The molecule has 1 aromatic heterocycles. The van der Waals surface area contributed by atoms with Crippen molar-refractivity contribution in [3.8, 4) is 11.4 Å². The van der Waals surface area contributed by atoms with Crippen LogP contribution in [-0.2, 0) is 6.42 Å². The molecule has 3 rings (SSSR count). The van der Waals surface area contributed by atoms with Gasteiger partial charge >= 0.3 is 0 Å². The average Bonchev–Trinajstić information content (AvgIpc) is 2.98. The maximum atomic E-state index is 13.1. The van der Waals surface area contributed by atoms with Crippen LogP contribution in [0.5, 0.6) is 0 Å². The van der Waals surface area contributed by atoms with Gasteiger partial charge in [-0.1, -0.05) is 17.3 Å². The Hall–Kier alpha value is -1.05. The zero-order valence-corrected chi connectivity index (χ0v) is 12.8. The molecule has 1 fully saturated rings. The molecule has 0 amide bonds. The van der Waals surface area contributed by atoms with E-state index < -0.39 is 5.92 Å². The van der Waals surface area contributed by atoms with E-state index in [9.17, 15) is 8.78 Å². The molecule has 1 aliphatic rings. The molecule has 1 heterocycles. The van der Waals surface area contributed by atoms with Gasteiger partial charge < -0.3 is 4.52 Å². The van der Waals surface area contributed by atoms with Crippen LogP contribution in [-0.4, -0.2) is 16.1 Å². The second kappa shape index (κ2) is 5.38. The van der Waals surface area contributed by atoms with Gasteiger partial charge in [0.05, 0.1) is 0 Å². The Labute approximate surface area is 128 Å². The zero-order valence-electron chi connectivity index (χ0n) is 10.7. The molecule has 1 aromatic carbocycles. The summed E-state index contributed by atoms with van der Waals surface area (Å²) >= 11 is 2.22. The highest BCUT2D eigenvalue weighted by Crippen LogP contribution is 2.40. The second-order valence-corrected chi connectivity index (χ2v) is 6.43. The fourth-order valence-corrected chi connectivity index (χ4v) is 2.88. The lowest BCUT2D eigenvalue weighted by molar-refractivity contribution is 0.00483. The summed E-state index contributed by atoms with van der Waals surface area (Å²) in [5.41, 5.74) is 0.872. The van der Waals surface area contributed by atoms with Crippen molar-refractivity contribution in [1.82, 2.24) is 10.1 Å². The number of aromatic nitrogens is 2.